The Balaban J connectivity index is 1.99. The molecule has 1 saturated carbocycles. The van der Waals surface area contributed by atoms with Crippen molar-refractivity contribution in [2.75, 3.05) is 0 Å². The van der Waals surface area contributed by atoms with Gasteiger partial charge in [-0.1, -0.05) is 43.0 Å². The fraction of sp³-hybridized carbons (Fsp3) is 0.500. The number of halogens is 1. The van der Waals surface area contributed by atoms with Crippen molar-refractivity contribution in [3.05, 3.63) is 34.9 Å². The monoisotopic (exact) mass is 194 g/mol. The van der Waals surface area contributed by atoms with Crippen molar-refractivity contribution in [1.82, 2.24) is 0 Å². The summed E-state index contributed by atoms with van der Waals surface area (Å²) >= 11 is 5.86. The van der Waals surface area contributed by atoms with E-state index < -0.39 is 0 Å². The van der Waals surface area contributed by atoms with E-state index in [4.69, 9.17) is 11.6 Å². The molecule has 2 aliphatic rings. The van der Waals surface area contributed by atoms with Crippen LogP contribution in [-0.2, 0) is 0 Å². The molecule has 0 aliphatic heterocycles. The lowest BCUT2D eigenvalue weighted by molar-refractivity contribution is 0.419. The van der Waals surface area contributed by atoms with E-state index in [9.17, 15) is 0 Å². The van der Waals surface area contributed by atoms with Crippen LogP contribution in [0.25, 0.3) is 0 Å². The highest BCUT2D eigenvalue weighted by atomic mass is 35.5. The molecule has 0 nitrogen and oxygen atoms in total. The van der Waals surface area contributed by atoms with Gasteiger partial charge in [-0.15, -0.1) is 0 Å². The Morgan fingerprint density at radius 2 is 1.92 bits per heavy atom. The maximum Gasteiger partial charge on any atom is 0.0412 e. The second-order valence-corrected chi connectivity index (χ2v) is 4.36. The van der Waals surface area contributed by atoms with E-state index in [0.717, 1.165) is 11.0 Å². The van der Waals surface area contributed by atoms with E-state index in [1.54, 1.807) is 0 Å². The van der Waals surface area contributed by atoms with Gasteiger partial charge in [-0.3, -0.25) is 0 Å². The Hall–Kier alpha value is -0.490. The van der Waals surface area contributed by atoms with Crippen molar-refractivity contribution in [1.29, 1.82) is 0 Å². The van der Waals surface area contributed by atoms with Crippen LogP contribution < -0.4 is 0 Å². The first kappa shape index (κ1) is 9.08. The van der Waals surface area contributed by atoms with E-state index in [1.807, 2.05) is 6.08 Å². The Kier molecular flexibility index (Phi) is 2.90. The molecule has 1 heteroatoms. The standard InChI is InChI=1S/C12H15Cl/c13-12-7-6-11(9-12)8-10-4-2-1-3-5-10/h6-10H,1-5H2. The van der Waals surface area contributed by atoms with Crippen molar-refractivity contribution in [3.63, 3.8) is 0 Å². The summed E-state index contributed by atoms with van der Waals surface area (Å²) in [5.74, 6) is 0.798. The fourth-order valence-corrected chi connectivity index (χ4v) is 2.30. The van der Waals surface area contributed by atoms with Gasteiger partial charge in [0.2, 0.25) is 0 Å². The molecule has 13 heavy (non-hydrogen) atoms. The van der Waals surface area contributed by atoms with Crippen LogP contribution in [-0.4, -0.2) is 0 Å². The van der Waals surface area contributed by atoms with Crippen molar-refractivity contribution in [2.24, 2.45) is 5.92 Å². The van der Waals surface area contributed by atoms with Crippen molar-refractivity contribution >= 4 is 11.6 Å². The first-order chi connectivity index (χ1) is 6.34. The average Bonchev–Trinajstić information content (AvgIpc) is 2.53. The van der Waals surface area contributed by atoms with Crippen LogP contribution in [0.3, 0.4) is 0 Å². The summed E-state index contributed by atoms with van der Waals surface area (Å²) in [5, 5.41) is 0.863. The molecular weight excluding hydrogens is 180 g/mol. The Morgan fingerprint density at radius 1 is 1.15 bits per heavy atom. The van der Waals surface area contributed by atoms with Gasteiger partial charge in [-0.25, -0.2) is 0 Å². The third kappa shape index (κ3) is 2.47. The van der Waals surface area contributed by atoms with Crippen molar-refractivity contribution in [3.8, 4) is 0 Å². The summed E-state index contributed by atoms with van der Waals surface area (Å²) in [6, 6.07) is 0. The van der Waals surface area contributed by atoms with Gasteiger partial charge >= 0.3 is 0 Å². The Labute approximate surface area is 85.0 Å². The summed E-state index contributed by atoms with van der Waals surface area (Å²) in [4.78, 5) is 0. The number of rotatable bonds is 1. The first-order valence-corrected chi connectivity index (χ1v) is 5.49. The second kappa shape index (κ2) is 4.15. The molecule has 0 spiro atoms. The highest BCUT2D eigenvalue weighted by Gasteiger charge is 2.11. The minimum atomic E-state index is 0.798. The SMILES string of the molecule is ClC1=CC(=CC2CCCCC2)C=C1. The zero-order chi connectivity index (χ0) is 9.10. The number of hydrogen-bond acceptors (Lipinski definition) is 0. The third-order valence-electron chi connectivity index (χ3n) is 2.82. The Morgan fingerprint density at radius 3 is 2.54 bits per heavy atom. The fourth-order valence-electron chi connectivity index (χ4n) is 2.11. The molecule has 2 aliphatic carbocycles. The lowest BCUT2D eigenvalue weighted by atomic mass is 9.88. The Bertz CT molecular complexity index is 265. The zero-order valence-electron chi connectivity index (χ0n) is 7.80. The maximum atomic E-state index is 5.86. The van der Waals surface area contributed by atoms with Gasteiger partial charge in [0.25, 0.3) is 0 Å². The van der Waals surface area contributed by atoms with Gasteiger partial charge in [-0.05, 0) is 36.5 Å². The van der Waals surface area contributed by atoms with E-state index in [2.05, 4.69) is 18.2 Å². The van der Waals surface area contributed by atoms with Gasteiger partial charge in [0.1, 0.15) is 0 Å². The highest BCUT2D eigenvalue weighted by Crippen LogP contribution is 2.28. The minimum Gasteiger partial charge on any atom is -0.0843 e. The topological polar surface area (TPSA) is 0 Å². The van der Waals surface area contributed by atoms with Crippen LogP contribution in [0.1, 0.15) is 32.1 Å². The van der Waals surface area contributed by atoms with Crippen molar-refractivity contribution in [2.45, 2.75) is 32.1 Å². The maximum absolute atomic E-state index is 5.86. The lowest BCUT2D eigenvalue weighted by Crippen LogP contribution is -2.03. The summed E-state index contributed by atoms with van der Waals surface area (Å²) in [5.41, 5.74) is 1.30. The third-order valence-corrected chi connectivity index (χ3v) is 3.05. The summed E-state index contributed by atoms with van der Waals surface area (Å²) in [6.45, 7) is 0. The zero-order valence-corrected chi connectivity index (χ0v) is 8.56. The molecule has 0 heterocycles. The predicted molar refractivity (Wildman–Crippen MR) is 57.7 cm³/mol. The van der Waals surface area contributed by atoms with Crippen LogP contribution in [0, 0.1) is 5.92 Å². The first-order valence-electron chi connectivity index (χ1n) is 5.12. The molecule has 0 unspecified atom stereocenters. The smallest absolute Gasteiger partial charge is 0.0412 e. The molecule has 0 bridgehead atoms. The van der Waals surface area contributed by atoms with Crippen LogP contribution in [0.15, 0.2) is 34.9 Å². The van der Waals surface area contributed by atoms with Gasteiger partial charge < -0.3 is 0 Å². The average molecular weight is 195 g/mol. The van der Waals surface area contributed by atoms with Crippen LogP contribution in [0.2, 0.25) is 0 Å². The van der Waals surface area contributed by atoms with E-state index in [1.165, 1.54) is 37.7 Å². The molecule has 0 atom stereocenters. The van der Waals surface area contributed by atoms with Gasteiger partial charge in [0.15, 0.2) is 0 Å². The van der Waals surface area contributed by atoms with Gasteiger partial charge in [0, 0.05) is 5.03 Å². The molecule has 0 N–H and O–H groups in total. The van der Waals surface area contributed by atoms with Crippen LogP contribution in [0.4, 0.5) is 0 Å². The summed E-state index contributed by atoms with van der Waals surface area (Å²) < 4.78 is 0. The molecule has 0 amide bonds. The van der Waals surface area contributed by atoms with E-state index in [0.29, 0.717) is 0 Å². The molecule has 0 aromatic heterocycles. The highest BCUT2D eigenvalue weighted by molar-refractivity contribution is 6.31. The molecule has 1 fully saturated rings. The van der Waals surface area contributed by atoms with Gasteiger partial charge in [0.05, 0.1) is 0 Å². The van der Waals surface area contributed by atoms with Crippen LogP contribution in [0.5, 0.6) is 0 Å². The summed E-state index contributed by atoms with van der Waals surface area (Å²) in [6.07, 6.45) is 15.5. The summed E-state index contributed by atoms with van der Waals surface area (Å²) in [7, 11) is 0. The molecule has 70 valence electrons. The number of allylic oxidation sites excluding steroid dienone is 6. The molecular formula is C12H15Cl. The van der Waals surface area contributed by atoms with E-state index >= 15 is 0 Å². The molecule has 0 aromatic rings. The normalized spacial score (nSPS) is 26.8. The molecule has 0 aromatic carbocycles. The minimum absolute atomic E-state index is 0.798. The molecule has 0 radical (unpaired) electrons. The second-order valence-electron chi connectivity index (χ2n) is 3.93. The quantitative estimate of drug-likeness (QED) is 0.588. The molecule has 2 rings (SSSR count). The van der Waals surface area contributed by atoms with Crippen LogP contribution >= 0.6 is 11.6 Å². The number of hydrogen-bond donors (Lipinski definition) is 0. The van der Waals surface area contributed by atoms with Crippen molar-refractivity contribution < 1.29 is 0 Å². The van der Waals surface area contributed by atoms with Gasteiger partial charge in [-0.2, -0.15) is 0 Å². The lowest BCUT2D eigenvalue weighted by Gasteiger charge is -2.18. The predicted octanol–water partition coefficient (Wildman–Crippen LogP) is 4.19. The largest absolute Gasteiger partial charge is 0.0843 e. The van der Waals surface area contributed by atoms with E-state index in [-0.39, 0.29) is 0 Å². The molecule has 0 saturated heterocycles.